The minimum Gasteiger partial charge on any atom is -0.489 e. The third kappa shape index (κ3) is 9.00. The van der Waals surface area contributed by atoms with Crippen molar-refractivity contribution in [2.75, 3.05) is 52.5 Å². The van der Waals surface area contributed by atoms with Gasteiger partial charge in [0.2, 0.25) is 0 Å². The number of rotatable bonds is 8. The van der Waals surface area contributed by atoms with E-state index in [-0.39, 0.29) is 35.9 Å². The van der Waals surface area contributed by atoms with Crippen molar-refractivity contribution in [1.82, 2.24) is 15.5 Å². The molecule has 2 rings (SSSR count). The Hall–Kier alpha value is -1.13. The molecule has 148 valence electrons. The summed E-state index contributed by atoms with van der Waals surface area (Å²) in [7, 11) is 0. The highest BCUT2D eigenvalue weighted by atomic mass is 127. The Morgan fingerprint density at radius 3 is 2.62 bits per heavy atom. The van der Waals surface area contributed by atoms with Gasteiger partial charge in [-0.1, -0.05) is 0 Å². The van der Waals surface area contributed by atoms with E-state index in [0.29, 0.717) is 12.3 Å². The summed E-state index contributed by atoms with van der Waals surface area (Å²) in [6, 6.07) is 6.04. The maximum absolute atomic E-state index is 12.9. The Kier molecular flexibility index (Phi) is 11.5. The van der Waals surface area contributed by atoms with Crippen LogP contribution in [0.3, 0.4) is 0 Å². The Bertz CT molecular complexity index is 524. The van der Waals surface area contributed by atoms with Gasteiger partial charge in [-0.3, -0.25) is 4.90 Å². The van der Waals surface area contributed by atoms with E-state index in [9.17, 15) is 4.39 Å². The van der Waals surface area contributed by atoms with E-state index < -0.39 is 0 Å². The van der Waals surface area contributed by atoms with Gasteiger partial charge in [0.15, 0.2) is 5.96 Å². The summed E-state index contributed by atoms with van der Waals surface area (Å²) < 4.78 is 24.0. The van der Waals surface area contributed by atoms with Crippen molar-refractivity contribution in [3.63, 3.8) is 0 Å². The SMILES string of the molecule is CCNC(=NCC(C)Oc1ccc(F)cc1)NCCN1CCOCC1.I. The number of nitrogens with one attached hydrogen (secondary N) is 2. The van der Waals surface area contributed by atoms with Crippen LogP contribution in [0.4, 0.5) is 4.39 Å². The molecule has 1 fully saturated rings. The molecular formula is C18H30FIN4O2. The molecule has 1 aliphatic rings. The molecule has 0 amide bonds. The fourth-order valence-electron chi connectivity index (χ4n) is 2.50. The number of benzene rings is 1. The van der Waals surface area contributed by atoms with Crippen molar-refractivity contribution in [2.24, 2.45) is 4.99 Å². The van der Waals surface area contributed by atoms with Gasteiger partial charge in [0.05, 0.1) is 19.8 Å². The van der Waals surface area contributed by atoms with E-state index in [4.69, 9.17) is 9.47 Å². The first-order valence-electron chi connectivity index (χ1n) is 8.92. The lowest BCUT2D eigenvalue weighted by Gasteiger charge is -2.26. The van der Waals surface area contributed by atoms with Crippen molar-refractivity contribution in [1.29, 1.82) is 0 Å². The van der Waals surface area contributed by atoms with E-state index in [2.05, 4.69) is 20.5 Å². The minimum absolute atomic E-state index is 0. The average molecular weight is 480 g/mol. The number of hydrogen-bond acceptors (Lipinski definition) is 4. The van der Waals surface area contributed by atoms with Gasteiger partial charge in [0.1, 0.15) is 17.7 Å². The first-order valence-corrected chi connectivity index (χ1v) is 8.92. The molecule has 1 saturated heterocycles. The molecule has 1 aromatic rings. The predicted octanol–water partition coefficient (Wildman–Crippen LogP) is 2.10. The lowest BCUT2D eigenvalue weighted by molar-refractivity contribution is 0.0389. The molecule has 0 aliphatic carbocycles. The number of nitrogens with zero attached hydrogens (tertiary/aromatic N) is 2. The largest absolute Gasteiger partial charge is 0.489 e. The summed E-state index contributed by atoms with van der Waals surface area (Å²) >= 11 is 0. The summed E-state index contributed by atoms with van der Waals surface area (Å²) in [5.41, 5.74) is 0. The fourth-order valence-corrected chi connectivity index (χ4v) is 2.50. The number of aliphatic imine (C=N–C) groups is 1. The summed E-state index contributed by atoms with van der Waals surface area (Å²) in [6.07, 6.45) is -0.0971. The van der Waals surface area contributed by atoms with Crippen LogP contribution in [0.15, 0.2) is 29.3 Å². The van der Waals surface area contributed by atoms with Crippen LogP contribution in [0.5, 0.6) is 5.75 Å². The first kappa shape index (κ1) is 22.9. The standard InChI is InChI=1S/C18H29FN4O2.HI/c1-3-20-18(21-8-9-23-10-12-24-13-11-23)22-14-15(2)25-17-6-4-16(19)5-7-17;/h4-7,15H,3,8-14H2,1-2H3,(H2,20,21,22);1H. The summed E-state index contributed by atoms with van der Waals surface area (Å²) in [4.78, 5) is 6.94. The zero-order valence-corrected chi connectivity index (χ0v) is 17.9. The predicted molar refractivity (Wildman–Crippen MR) is 113 cm³/mol. The maximum Gasteiger partial charge on any atom is 0.191 e. The van der Waals surface area contributed by atoms with Crippen LogP contribution in [-0.4, -0.2) is 69.4 Å². The molecule has 1 unspecified atom stereocenters. The van der Waals surface area contributed by atoms with Crippen LogP contribution >= 0.6 is 24.0 Å². The van der Waals surface area contributed by atoms with E-state index >= 15 is 0 Å². The van der Waals surface area contributed by atoms with Gasteiger partial charge >= 0.3 is 0 Å². The van der Waals surface area contributed by atoms with Gasteiger partial charge < -0.3 is 20.1 Å². The van der Waals surface area contributed by atoms with E-state index in [1.807, 2.05) is 13.8 Å². The van der Waals surface area contributed by atoms with Gasteiger partial charge in [-0.15, -0.1) is 24.0 Å². The van der Waals surface area contributed by atoms with Crippen LogP contribution < -0.4 is 15.4 Å². The minimum atomic E-state index is -0.267. The molecule has 1 heterocycles. The summed E-state index contributed by atoms with van der Waals surface area (Å²) in [5, 5.41) is 6.58. The molecule has 26 heavy (non-hydrogen) atoms. The van der Waals surface area contributed by atoms with Gasteiger partial charge in [-0.2, -0.15) is 0 Å². The molecule has 2 N–H and O–H groups in total. The normalized spacial score (nSPS) is 16.5. The molecule has 0 spiro atoms. The van der Waals surface area contributed by atoms with Gasteiger partial charge in [0.25, 0.3) is 0 Å². The van der Waals surface area contributed by atoms with Crippen molar-refractivity contribution >= 4 is 29.9 Å². The first-order chi connectivity index (χ1) is 12.2. The summed E-state index contributed by atoms with van der Waals surface area (Å²) in [5.74, 6) is 1.16. The molecule has 1 aromatic carbocycles. The Morgan fingerprint density at radius 2 is 1.96 bits per heavy atom. The molecule has 6 nitrogen and oxygen atoms in total. The molecular weight excluding hydrogens is 450 g/mol. The van der Waals surface area contributed by atoms with Crippen LogP contribution in [0.1, 0.15) is 13.8 Å². The van der Waals surface area contributed by atoms with Gasteiger partial charge in [-0.25, -0.2) is 9.38 Å². The number of guanidine groups is 1. The van der Waals surface area contributed by atoms with Gasteiger partial charge in [0, 0.05) is 32.7 Å². The number of hydrogen-bond donors (Lipinski definition) is 2. The smallest absolute Gasteiger partial charge is 0.191 e. The number of morpholine rings is 1. The highest BCUT2D eigenvalue weighted by molar-refractivity contribution is 14.0. The molecule has 0 aromatic heterocycles. The van der Waals surface area contributed by atoms with Crippen molar-refractivity contribution in [3.05, 3.63) is 30.1 Å². The Labute approximate surface area is 172 Å². The number of ether oxygens (including phenoxy) is 2. The van der Waals surface area contributed by atoms with Crippen LogP contribution in [0.2, 0.25) is 0 Å². The second kappa shape index (κ2) is 13.1. The average Bonchev–Trinajstić information content (AvgIpc) is 2.62. The molecule has 1 aliphatic heterocycles. The zero-order valence-electron chi connectivity index (χ0n) is 15.5. The van der Waals surface area contributed by atoms with Crippen molar-refractivity contribution in [2.45, 2.75) is 20.0 Å². The van der Waals surface area contributed by atoms with Crippen LogP contribution in [-0.2, 0) is 4.74 Å². The summed E-state index contributed by atoms with van der Waals surface area (Å²) in [6.45, 7) is 10.7. The fraction of sp³-hybridized carbons (Fsp3) is 0.611. The lowest BCUT2D eigenvalue weighted by Crippen LogP contribution is -2.44. The molecule has 1 atom stereocenters. The molecule has 0 bridgehead atoms. The monoisotopic (exact) mass is 480 g/mol. The Morgan fingerprint density at radius 1 is 1.27 bits per heavy atom. The van der Waals surface area contributed by atoms with E-state index in [1.165, 1.54) is 12.1 Å². The third-order valence-corrected chi connectivity index (χ3v) is 3.83. The number of halogens is 2. The Balaban J connectivity index is 0.00000338. The van der Waals surface area contributed by atoms with Crippen molar-refractivity contribution < 1.29 is 13.9 Å². The van der Waals surface area contributed by atoms with Crippen LogP contribution in [0.25, 0.3) is 0 Å². The highest BCUT2D eigenvalue weighted by Gasteiger charge is 2.10. The van der Waals surface area contributed by atoms with Crippen molar-refractivity contribution in [3.8, 4) is 5.75 Å². The molecule has 0 saturated carbocycles. The third-order valence-electron chi connectivity index (χ3n) is 3.83. The zero-order chi connectivity index (χ0) is 17.9. The topological polar surface area (TPSA) is 58.1 Å². The van der Waals surface area contributed by atoms with Crippen LogP contribution in [0, 0.1) is 5.82 Å². The maximum atomic E-state index is 12.9. The highest BCUT2D eigenvalue weighted by Crippen LogP contribution is 2.13. The quantitative estimate of drug-likeness (QED) is 0.339. The second-order valence-electron chi connectivity index (χ2n) is 5.98. The second-order valence-corrected chi connectivity index (χ2v) is 5.98. The lowest BCUT2D eigenvalue weighted by atomic mass is 10.3. The van der Waals surface area contributed by atoms with E-state index in [0.717, 1.165) is 51.9 Å². The van der Waals surface area contributed by atoms with E-state index in [1.54, 1.807) is 12.1 Å². The van der Waals surface area contributed by atoms with Gasteiger partial charge in [-0.05, 0) is 38.1 Å². The molecule has 8 heteroatoms. The molecule has 0 radical (unpaired) electrons.